The number of nitrogens with zero attached hydrogens (tertiary/aromatic N) is 6. The molecule has 0 fully saturated rings. The van der Waals surface area contributed by atoms with Gasteiger partial charge in [-0.3, -0.25) is 14.5 Å². The lowest BCUT2D eigenvalue weighted by Gasteiger charge is -2.20. The first-order valence-electron chi connectivity index (χ1n) is 12.5. The van der Waals surface area contributed by atoms with E-state index in [9.17, 15) is 31.1 Å². The van der Waals surface area contributed by atoms with E-state index in [0.717, 1.165) is 27.9 Å². The van der Waals surface area contributed by atoms with Crippen molar-refractivity contribution in [3.8, 4) is 11.3 Å². The van der Waals surface area contributed by atoms with Crippen molar-refractivity contribution >= 4 is 23.8 Å². The van der Waals surface area contributed by atoms with Gasteiger partial charge in [0.25, 0.3) is 5.91 Å². The zero-order chi connectivity index (χ0) is 33.4. The molecule has 3 N–H and O–H groups in total. The minimum atomic E-state index is -5.08. The van der Waals surface area contributed by atoms with E-state index in [2.05, 4.69) is 20.4 Å². The molecule has 0 saturated heterocycles. The maximum Gasteiger partial charge on any atom is 0.490 e. The molecule has 1 amide bonds. The second kappa shape index (κ2) is 14.3. The van der Waals surface area contributed by atoms with Crippen molar-refractivity contribution in [3.05, 3.63) is 89.6 Å². The number of rotatable bonds is 4. The van der Waals surface area contributed by atoms with Crippen molar-refractivity contribution in [1.82, 2.24) is 29.6 Å². The molecule has 1 aromatic carbocycles. The molecule has 0 bridgehead atoms. The van der Waals surface area contributed by atoms with Crippen molar-refractivity contribution in [2.45, 2.75) is 32.0 Å². The van der Waals surface area contributed by atoms with Gasteiger partial charge in [-0.15, -0.1) is 0 Å². The van der Waals surface area contributed by atoms with Crippen LogP contribution < -0.4 is 5.32 Å². The molecule has 238 valence electrons. The number of anilines is 1. The fourth-order valence-corrected chi connectivity index (χ4v) is 3.72. The molecule has 0 atom stereocenters. The number of amides is 1. The molecule has 1 aliphatic heterocycles. The van der Waals surface area contributed by atoms with Crippen LogP contribution in [-0.4, -0.2) is 70.0 Å². The number of aliphatic carboxylic acids is 2. The third-order valence-corrected chi connectivity index (χ3v) is 5.74. The number of carboxylic acids is 2. The van der Waals surface area contributed by atoms with E-state index in [1.807, 2.05) is 42.6 Å². The van der Waals surface area contributed by atoms with Gasteiger partial charge in [0, 0.05) is 56.1 Å². The lowest BCUT2D eigenvalue weighted by molar-refractivity contribution is -0.193. The number of alkyl halides is 6. The summed E-state index contributed by atoms with van der Waals surface area (Å²) < 4.78 is 65.1. The molecule has 4 heterocycles. The number of nitrogens with one attached hydrogen (secondary N) is 1. The zero-order valence-corrected chi connectivity index (χ0v) is 23.0. The Labute approximate surface area is 250 Å². The minimum absolute atomic E-state index is 0.109. The van der Waals surface area contributed by atoms with E-state index in [4.69, 9.17) is 24.8 Å². The van der Waals surface area contributed by atoms with Crippen LogP contribution in [0.15, 0.2) is 67.3 Å². The molecule has 3 aromatic heterocycles. The Hall–Kier alpha value is -5.55. The molecule has 4 aromatic rings. The van der Waals surface area contributed by atoms with Gasteiger partial charge in [0.05, 0.1) is 12.2 Å². The van der Waals surface area contributed by atoms with E-state index >= 15 is 0 Å². The standard InChI is InChI=1S/C23H21N7O.2C2HF3O2/c1-29-10-8-20(28-29)22(31)30-14-17-6-2-3-7-19(17)21-18(15-30)13-26-23(27-21)25-12-16-5-4-9-24-11-16;2*3-2(4,5)1(6)7/h2-11,13H,12,14-15H2,1H3,(H,25,26,27);2*(H,6,7). The van der Waals surface area contributed by atoms with Gasteiger partial charge in [-0.2, -0.15) is 31.4 Å². The lowest BCUT2D eigenvalue weighted by Crippen LogP contribution is -2.30. The van der Waals surface area contributed by atoms with Gasteiger partial charge in [0.1, 0.15) is 5.69 Å². The second-order valence-corrected chi connectivity index (χ2v) is 9.08. The summed E-state index contributed by atoms with van der Waals surface area (Å²) in [6, 6.07) is 13.7. The number of carbonyl (C=O) groups is 3. The van der Waals surface area contributed by atoms with Crippen LogP contribution in [0.25, 0.3) is 11.3 Å². The quantitative estimate of drug-likeness (QED) is 0.274. The Morgan fingerprint density at radius 2 is 1.51 bits per heavy atom. The van der Waals surface area contributed by atoms with Crippen LogP contribution in [0.1, 0.15) is 27.2 Å². The number of fused-ring (bicyclic) bond motifs is 3. The highest BCUT2D eigenvalue weighted by Crippen LogP contribution is 2.32. The highest BCUT2D eigenvalue weighted by atomic mass is 19.4. The van der Waals surface area contributed by atoms with Gasteiger partial charge in [-0.05, 0) is 23.3 Å². The van der Waals surface area contributed by atoms with Crippen LogP contribution in [0, 0.1) is 0 Å². The summed E-state index contributed by atoms with van der Waals surface area (Å²) >= 11 is 0. The molecular formula is C27H23F6N7O5. The van der Waals surface area contributed by atoms with Crippen LogP contribution in [0.2, 0.25) is 0 Å². The molecule has 0 radical (unpaired) electrons. The lowest BCUT2D eigenvalue weighted by atomic mass is 10.0. The molecule has 0 saturated carbocycles. The summed E-state index contributed by atoms with van der Waals surface area (Å²) in [6.45, 7) is 1.49. The number of hydrogen-bond acceptors (Lipinski definition) is 8. The number of pyridine rings is 1. The molecule has 0 aliphatic carbocycles. The molecule has 18 heteroatoms. The summed E-state index contributed by atoms with van der Waals surface area (Å²) in [7, 11) is 1.80. The SMILES string of the molecule is Cn1ccc(C(=O)N2Cc3ccccc3-c3nc(NCc4cccnc4)ncc3C2)n1.O=C(O)C(F)(F)F.O=C(O)C(F)(F)F. The van der Waals surface area contributed by atoms with Gasteiger partial charge < -0.3 is 20.4 Å². The van der Waals surface area contributed by atoms with Crippen LogP contribution in [0.3, 0.4) is 0 Å². The Balaban J connectivity index is 0.000000331. The van der Waals surface area contributed by atoms with Gasteiger partial charge >= 0.3 is 24.3 Å². The summed E-state index contributed by atoms with van der Waals surface area (Å²) in [5.74, 6) is -5.08. The fourth-order valence-electron chi connectivity index (χ4n) is 3.72. The average molecular weight is 640 g/mol. The second-order valence-electron chi connectivity index (χ2n) is 9.08. The van der Waals surface area contributed by atoms with E-state index in [1.54, 1.807) is 41.3 Å². The van der Waals surface area contributed by atoms with Crippen molar-refractivity contribution in [2.75, 3.05) is 5.32 Å². The maximum atomic E-state index is 13.1. The Kier molecular flexibility index (Phi) is 10.8. The van der Waals surface area contributed by atoms with E-state index in [0.29, 0.717) is 31.3 Å². The summed E-state index contributed by atoms with van der Waals surface area (Å²) in [5, 5.41) is 21.8. The van der Waals surface area contributed by atoms with Gasteiger partial charge in [0.2, 0.25) is 5.95 Å². The van der Waals surface area contributed by atoms with Crippen LogP contribution in [0.5, 0.6) is 0 Å². The molecule has 12 nitrogen and oxygen atoms in total. The summed E-state index contributed by atoms with van der Waals surface area (Å²) in [6.07, 6.45) is -3.03. The normalized spacial score (nSPS) is 12.2. The highest BCUT2D eigenvalue weighted by Gasteiger charge is 2.39. The number of aryl methyl sites for hydroxylation is 1. The highest BCUT2D eigenvalue weighted by molar-refractivity contribution is 5.92. The average Bonchev–Trinajstić information content (AvgIpc) is 3.35. The molecule has 1 aliphatic rings. The number of aromatic nitrogens is 5. The van der Waals surface area contributed by atoms with Crippen molar-refractivity contribution in [2.24, 2.45) is 7.05 Å². The number of carbonyl (C=O) groups excluding carboxylic acids is 1. The summed E-state index contributed by atoms with van der Waals surface area (Å²) in [4.78, 5) is 46.1. The van der Waals surface area contributed by atoms with Crippen LogP contribution in [-0.2, 0) is 36.3 Å². The smallest absolute Gasteiger partial charge is 0.475 e. The molecule has 5 rings (SSSR count). The minimum Gasteiger partial charge on any atom is -0.475 e. The first-order chi connectivity index (χ1) is 21.1. The van der Waals surface area contributed by atoms with Crippen LogP contribution >= 0.6 is 0 Å². The molecular weight excluding hydrogens is 616 g/mol. The Morgan fingerprint density at radius 1 is 0.889 bits per heavy atom. The number of hydrogen-bond donors (Lipinski definition) is 3. The fraction of sp³-hybridized carbons (Fsp3) is 0.222. The van der Waals surface area contributed by atoms with E-state index < -0.39 is 24.3 Å². The third-order valence-electron chi connectivity index (χ3n) is 5.74. The first-order valence-corrected chi connectivity index (χ1v) is 12.5. The largest absolute Gasteiger partial charge is 0.490 e. The zero-order valence-electron chi connectivity index (χ0n) is 23.0. The monoisotopic (exact) mass is 639 g/mol. The molecule has 0 spiro atoms. The Bertz CT molecular complexity index is 1620. The summed E-state index contributed by atoms with van der Waals surface area (Å²) in [5.41, 5.74) is 5.28. The van der Waals surface area contributed by atoms with Gasteiger partial charge in [0.15, 0.2) is 0 Å². The van der Waals surface area contributed by atoms with Crippen molar-refractivity contribution < 1.29 is 50.9 Å². The maximum absolute atomic E-state index is 13.1. The van der Waals surface area contributed by atoms with Crippen LogP contribution in [0.4, 0.5) is 32.3 Å². The van der Waals surface area contributed by atoms with Gasteiger partial charge in [-0.25, -0.2) is 19.6 Å². The molecule has 0 unspecified atom stereocenters. The topological polar surface area (TPSA) is 163 Å². The van der Waals surface area contributed by atoms with E-state index in [1.165, 1.54) is 0 Å². The van der Waals surface area contributed by atoms with Gasteiger partial charge in [-0.1, -0.05) is 30.3 Å². The number of halogens is 6. The number of carboxylic acid groups (broad SMARTS) is 2. The third kappa shape index (κ3) is 9.73. The Morgan fingerprint density at radius 3 is 2.07 bits per heavy atom. The van der Waals surface area contributed by atoms with Crippen molar-refractivity contribution in [3.63, 3.8) is 0 Å². The van der Waals surface area contributed by atoms with Crippen molar-refractivity contribution in [1.29, 1.82) is 0 Å². The predicted molar refractivity (Wildman–Crippen MR) is 143 cm³/mol. The number of benzene rings is 1. The molecule has 45 heavy (non-hydrogen) atoms. The predicted octanol–water partition coefficient (Wildman–Crippen LogP) is 4.31. The van der Waals surface area contributed by atoms with E-state index in [-0.39, 0.29) is 5.91 Å². The first kappa shape index (κ1) is 33.9.